The number of thiazole rings is 1. The van der Waals surface area contributed by atoms with Crippen molar-refractivity contribution in [2.45, 2.75) is 32.1 Å². The number of Topliss-reactive ketones (excluding diaryl/α,β-unsaturated/α-hetero) is 1. The molecule has 3 heterocycles. The first-order valence-corrected chi connectivity index (χ1v) is 13.1. The van der Waals surface area contributed by atoms with E-state index in [1.165, 1.54) is 16.2 Å². The molecule has 1 aromatic heterocycles. The van der Waals surface area contributed by atoms with E-state index in [9.17, 15) is 14.7 Å². The zero-order valence-corrected chi connectivity index (χ0v) is 21.4. The van der Waals surface area contributed by atoms with Crippen molar-refractivity contribution in [1.29, 1.82) is 0 Å². The third-order valence-corrected chi connectivity index (χ3v) is 7.45. The van der Waals surface area contributed by atoms with Gasteiger partial charge in [0.05, 0.1) is 11.6 Å². The molecule has 7 nitrogen and oxygen atoms in total. The van der Waals surface area contributed by atoms with E-state index < -0.39 is 17.7 Å². The normalized spacial score (nSPS) is 19.9. The Bertz CT molecular complexity index is 1530. The van der Waals surface area contributed by atoms with Crippen LogP contribution in [0.25, 0.3) is 5.76 Å². The minimum Gasteiger partial charge on any atom is -0.507 e. The average molecular weight is 525 g/mol. The highest BCUT2D eigenvalue weighted by atomic mass is 32.1. The molecule has 8 heteroatoms. The average Bonchev–Trinajstić information content (AvgIpc) is 3.65. The van der Waals surface area contributed by atoms with Crippen molar-refractivity contribution in [2.24, 2.45) is 0 Å². The molecule has 0 saturated carbocycles. The molecule has 2 atom stereocenters. The van der Waals surface area contributed by atoms with E-state index in [4.69, 9.17) is 9.47 Å². The van der Waals surface area contributed by atoms with E-state index in [1.54, 1.807) is 35.8 Å². The van der Waals surface area contributed by atoms with Crippen LogP contribution in [0.5, 0.6) is 11.5 Å². The van der Waals surface area contributed by atoms with E-state index >= 15 is 0 Å². The molecule has 38 heavy (non-hydrogen) atoms. The first-order chi connectivity index (χ1) is 18.5. The highest BCUT2D eigenvalue weighted by molar-refractivity contribution is 7.14. The SMILES string of the molecule is CC1Cc2cc(/C(O)=C3/C(=O)C(=O)N(c4nccs4)C3c3ccc(OCc4ccccc4)cc3)ccc2O1. The van der Waals surface area contributed by atoms with Crippen LogP contribution in [0.15, 0.2) is 89.9 Å². The highest BCUT2D eigenvalue weighted by Gasteiger charge is 2.48. The van der Waals surface area contributed by atoms with E-state index in [0.717, 1.165) is 16.9 Å². The lowest BCUT2D eigenvalue weighted by Gasteiger charge is -2.23. The lowest BCUT2D eigenvalue weighted by atomic mass is 9.94. The zero-order valence-electron chi connectivity index (χ0n) is 20.5. The Hall–Kier alpha value is -4.43. The predicted octanol–water partition coefficient (Wildman–Crippen LogP) is 5.67. The Kier molecular flexibility index (Phi) is 6.17. The number of carbonyl (C=O) groups excluding carboxylic acids is 2. The topological polar surface area (TPSA) is 89.0 Å². The van der Waals surface area contributed by atoms with Crippen molar-refractivity contribution in [3.8, 4) is 11.5 Å². The van der Waals surface area contributed by atoms with E-state index in [2.05, 4.69) is 4.98 Å². The number of ether oxygens (including phenoxy) is 2. The Morgan fingerprint density at radius 2 is 1.89 bits per heavy atom. The number of ketones is 1. The van der Waals surface area contributed by atoms with E-state index in [-0.39, 0.29) is 17.4 Å². The van der Waals surface area contributed by atoms with E-state index in [1.807, 2.05) is 55.5 Å². The van der Waals surface area contributed by atoms with Gasteiger partial charge in [-0.3, -0.25) is 14.5 Å². The van der Waals surface area contributed by atoms with Crippen LogP contribution in [0, 0.1) is 0 Å². The number of benzene rings is 3. The van der Waals surface area contributed by atoms with E-state index in [0.29, 0.717) is 35.0 Å². The van der Waals surface area contributed by atoms with Crippen LogP contribution in [0.2, 0.25) is 0 Å². The van der Waals surface area contributed by atoms with Crippen molar-refractivity contribution in [3.05, 3.63) is 112 Å². The van der Waals surface area contributed by atoms with Gasteiger partial charge in [0, 0.05) is 23.6 Å². The molecule has 0 radical (unpaired) electrons. The maximum atomic E-state index is 13.3. The summed E-state index contributed by atoms with van der Waals surface area (Å²) in [7, 11) is 0. The van der Waals surface area contributed by atoms with Gasteiger partial charge in [-0.15, -0.1) is 11.3 Å². The van der Waals surface area contributed by atoms with Gasteiger partial charge >= 0.3 is 5.91 Å². The number of rotatable bonds is 6. The van der Waals surface area contributed by atoms with Crippen LogP contribution in [0.4, 0.5) is 5.13 Å². The largest absolute Gasteiger partial charge is 0.507 e. The molecule has 1 saturated heterocycles. The second-order valence-corrected chi connectivity index (χ2v) is 10.2. The number of hydrogen-bond acceptors (Lipinski definition) is 7. The molecule has 3 aromatic carbocycles. The molecule has 0 aliphatic carbocycles. The van der Waals surface area contributed by atoms with Gasteiger partial charge in [-0.1, -0.05) is 42.5 Å². The minimum absolute atomic E-state index is 0.0232. The second-order valence-electron chi connectivity index (χ2n) is 9.28. The third kappa shape index (κ3) is 4.33. The van der Waals surface area contributed by atoms with Crippen molar-refractivity contribution in [3.63, 3.8) is 0 Å². The van der Waals surface area contributed by atoms with Crippen molar-refractivity contribution in [1.82, 2.24) is 4.98 Å². The number of hydrogen-bond donors (Lipinski definition) is 1. The molecular weight excluding hydrogens is 500 g/mol. The van der Waals surface area contributed by atoms with Crippen LogP contribution in [-0.4, -0.2) is 27.9 Å². The van der Waals surface area contributed by atoms with Crippen molar-refractivity contribution in [2.75, 3.05) is 4.90 Å². The van der Waals surface area contributed by atoms with Crippen LogP contribution < -0.4 is 14.4 Å². The van der Waals surface area contributed by atoms with Gasteiger partial charge in [0.25, 0.3) is 5.78 Å². The fraction of sp³-hybridized carbons (Fsp3) is 0.167. The monoisotopic (exact) mass is 524 g/mol. The predicted molar refractivity (Wildman–Crippen MR) is 144 cm³/mol. The summed E-state index contributed by atoms with van der Waals surface area (Å²) in [5, 5.41) is 13.5. The lowest BCUT2D eigenvalue weighted by molar-refractivity contribution is -0.132. The third-order valence-electron chi connectivity index (χ3n) is 6.68. The van der Waals surface area contributed by atoms with Gasteiger partial charge in [0.1, 0.15) is 30.0 Å². The van der Waals surface area contributed by atoms with Crippen LogP contribution >= 0.6 is 11.3 Å². The van der Waals surface area contributed by atoms with Crippen LogP contribution in [0.3, 0.4) is 0 Å². The first kappa shape index (κ1) is 23.9. The fourth-order valence-electron chi connectivity index (χ4n) is 4.89. The Labute approximate surface area is 223 Å². The number of carbonyl (C=O) groups is 2. The number of anilines is 1. The van der Waals surface area contributed by atoms with Gasteiger partial charge in [-0.25, -0.2) is 4.98 Å². The standard InChI is InChI=1S/C30H24N2O5S/c1-18-15-22-16-21(9-12-24(22)37-18)27(33)25-26(32(29(35)28(25)34)30-31-13-14-38-30)20-7-10-23(11-8-20)36-17-19-5-3-2-4-6-19/h2-14,16,18,26,33H,15,17H2,1H3/b27-25-. The van der Waals surface area contributed by atoms with Gasteiger partial charge in [-0.05, 0) is 53.9 Å². The van der Waals surface area contributed by atoms with Gasteiger partial charge in [0.15, 0.2) is 5.13 Å². The van der Waals surface area contributed by atoms with Gasteiger partial charge in [-0.2, -0.15) is 0 Å². The molecule has 1 amide bonds. The summed E-state index contributed by atoms with van der Waals surface area (Å²) in [6.07, 6.45) is 2.33. The number of fused-ring (bicyclic) bond motifs is 1. The van der Waals surface area contributed by atoms with Crippen LogP contribution in [0.1, 0.15) is 35.2 Å². The quantitative estimate of drug-likeness (QED) is 0.199. The zero-order chi connectivity index (χ0) is 26.2. The molecule has 1 N–H and O–H groups in total. The molecule has 4 aromatic rings. The lowest BCUT2D eigenvalue weighted by Crippen LogP contribution is -2.29. The summed E-state index contributed by atoms with van der Waals surface area (Å²) in [6.45, 7) is 2.39. The summed E-state index contributed by atoms with van der Waals surface area (Å²) >= 11 is 1.26. The number of aromatic nitrogens is 1. The molecule has 2 aliphatic heterocycles. The summed E-state index contributed by atoms with van der Waals surface area (Å²) in [5.41, 5.74) is 3.14. The Balaban J connectivity index is 1.38. The molecule has 6 rings (SSSR count). The summed E-state index contributed by atoms with van der Waals surface area (Å²) in [6, 6.07) is 21.5. The van der Waals surface area contributed by atoms with Gasteiger partial charge < -0.3 is 14.6 Å². The molecule has 1 fully saturated rings. The molecular formula is C30H24N2O5S. The molecule has 2 aliphatic rings. The number of amides is 1. The Morgan fingerprint density at radius 1 is 1.11 bits per heavy atom. The molecule has 190 valence electrons. The minimum atomic E-state index is -0.840. The summed E-state index contributed by atoms with van der Waals surface area (Å²) in [5.74, 6) is -0.290. The smallest absolute Gasteiger partial charge is 0.301 e. The maximum Gasteiger partial charge on any atom is 0.301 e. The molecule has 2 unspecified atom stereocenters. The van der Waals surface area contributed by atoms with Crippen LogP contribution in [-0.2, 0) is 22.6 Å². The van der Waals surface area contributed by atoms with Crippen molar-refractivity contribution >= 4 is 33.9 Å². The number of nitrogens with zero attached hydrogens (tertiary/aromatic N) is 2. The highest BCUT2D eigenvalue weighted by Crippen LogP contribution is 2.43. The molecule has 0 bridgehead atoms. The Morgan fingerprint density at radius 3 is 2.63 bits per heavy atom. The number of aliphatic hydroxyl groups is 1. The first-order valence-electron chi connectivity index (χ1n) is 12.3. The van der Waals surface area contributed by atoms with Crippen molar-refractivity contribution < 1.29 is 24.2 Å². The maximum absolute atomic E-state index is 13.3. The van der Waals surface area contributed by atoms with Gasteiger partial charge in [0.2, 0.25) is 0 Å². The molecule has 0 spiro atoms. The number of aliphatic hydroxyl groups excluding tert-OH is 1. The fourth-order valence-corrected chi connectivity index (χ4v) is 5.56. The second kappa shape index (κ2) is 9.79. The summed E-state index contributed by atoms with van der Waals surface area (Å²) < 4.78 is 11.7. The summed E-state index contributed by atoms with van der Waals surface area (Å²) in [4.78, 5) is 32.2.